The van der Waals surface area contributed by atoms with E-state index < -0.39 is 72.2 Å². The molecule has 0 bridgehead atoms. The van der Waals surface area contributed by atoms with Gasteiger partial charge in [0.2, 0.25) is 0 Å². The highest BCUT2D eigenvalue weighted by atomic mass is 16.5. The van der Waals surface area contributed by atoms with E-state index >= 15 is 0 Å². The van der Waals surface area contributed by atoms with Gasteiger partial charge in [0.15, 0.2) is 23.8 Å². The molecule has 0 aromatic rings. The SMILES string of the molecule is C.CCCCC(=O)[C@H](O)[C@@H](O)[C@@H](O)[C@H](O)C(=O)NCCC.CCCOCCCC(=O)[C@H](O)[C@@H](O)[C@@H](O)[C@H](O)C(=O)NCCOCCC. The van der Waals surface area contributed by atoms with Crippen LogP contribution in [0, 0.1) is 0 Å². The van der Waals surface area contributed by atoms with Gasteiger partial charge in [-0.15, -0.1) is 0 Å². The molecule has 16 nitrogen and oxygen atoms in total. The fourth-order valence-electron chi connectivity index (χ4n) is 3.63. The molecule has 2 amide bonds. The minimum atomic E-state index is -2.00. The first-order chi connectivity index (χ1) is 21.7. The van der Waals surface area contributed by atoms with Crippen LogP contribution < -0.4 is 10.6 Å². The van der Waals surface area contributed by atoms with Gasteiger partial charge in [-0.25, -0.2) is 0 Å². The average molecular weight is 687 g/mol. The molecule has 0 rings (SSSR count). The third-order valence-corrected chi connectivity index (χ3v) is 6.47. The third-order valence-electron chi connectivity index (χ3n) is 6.47. The lowest BCUT2D eigenvalue weighted by Crippen LogP contribution is -2.52. The van der Waals surface area contributed by atoms with Crippen molar-refractivity contribution in [2.45, 2.75) is 135 Å². The minimum absolute atomic E-state index is 0. The van der Waals surface area contributed by atoms with Crippen LogP contribution >= 0.6 is 0 Å². The number of ketones is 2. The first-order valence-corrected chi connectivity index (χ1v) is 15.9. The standard InChI is InChI=1S/C17H33NO8.C13H25NO6.CH4/c1-3-8-25-10-5-6-12(19)13(20)14(21)15(22)16(23)17(24)18-7-11-26-9-4-2;1-3-5-6-8(15)9(16)10(17)11(18)12(19)13(20)14-7-4-2;/h13-16,20-23H,3-11H2,1-2H3,(H,18,24);9-12,16-19H,3-7H2,1-2H3,(H,14,20);1H4/t13-,14+,15+,16-;9-,10+,11+,12-;/m00./s1. The van der Waals surface area contributed by atoms with E-state index in [1.165, 1.54) is 0 Å². The Morgan fingerprint density at radius 2 is 0.872 bits per heavy atom. The van der Waals surface area contributed by atoms with Crippen LogP contribution in [0.5, 0.6) is 0 Å². The Bertz CT molecular complexity index is 768. The molecule has 0 spiro atoms. The van der Waals surface area contributed by atoms with Gasteiger partial charge in [0, 0.05) is 45.8 Å². The summed E-state index contributed by atoms with van der Waals surface area (Å²) >= 11 is 0. The highest BCUT2D eigenvalue weighted by Crippen LogP contribution is 2.11. The molecule has 280 valence electrons. The van der Waals surface area contributed by atoms with E-state index in [0.29, 0.717) is 45.6 Å². The zero-order valence-corrected chi connectivity index (χ0v) is 27.5. The third kappa shape index (κ3) is 21.5. The average Bonchev–Trinajstić information content (AvgIpc) is 3.06. The number of aliphatic hydroxyl groups is 8. The van der Waals surface area contributed by atoms with Crippen molar-refractivity contribution in [3.63, 3.8) is 0 Å². The summed E-state index contributed by atoms with van der Waals surface area (Å²) in [6.45, 7) is 9.70. The van der Waals surface area contributed by atoms with Gasteiger partial charge in [0.25, 0.3) is 11.8 Å². The number of unbranched alkanes of at least 4 members (excludes halogenated alkanes) is 1. The number of rotatable bonds is 26. The summed E-state index contributed by atoms with van der Waals surface area (Å²) in [7, 11) is 0. The lowest BCUT2D eigenvalue weighted by molar-refractivity contribution is -0.154. The molecular formula is C31H62N2O14. The van der Waals surface area contributed by atoms with Crippen LogP contribution in [-0.2, 0) is 28.7 Å². The molecule has 0 heterocycles. The van der Waals surface area contributed by atoms with Gasteiger partial charge in [0.05, 0.1) is 6.61 Å². The summed E-state index contributed by atoms with van der Waals surface area (Å²) < 4.78 is 10.4. The van der Waals surface area contributed by atoms with Crippen LogP contribution in [0.1, 0.15) is 86.5 Å². The van der Waals surface area contributed by atoms with Crippen LogP contribution in [0.3, 0.4) is 0 Å². The molecule has 0 radical (unpaired) electrons. The maximum Gasteiger partial charge on any atom is 0.251 e. The summed E-state index contributed by atoms with van der Waals surface area (Å²) in [5, 5.41) is 82.3. The molecule has 0 aliphatic carbocycles. The lowest BCUT2D eigenvalue weighted by atomic mass is 9.97. The zero-order valence-electron chi connectivity index (χ0n) is 27.5. The topological polar surface area (TPSA) is 273 Å². The number of amides is 2. The molecule has 8 atom stereocenters. The highest BCUT2D eigenvalue weighted by Gasteiger charge is 2.38. The van der Waals surface area contributed by atoms with E-state index in [1.807, 2.05) is 27.7 Å². The molecule has 47 heavy (non-hydrogen) atoms. The molecule has 0 aliphatic rings. The molecule has 0 aliphatic heterocycles. The summed E-state index contributed by atoms with van der Waals surface area (Å²) in [5.74, 6) is -3.10. The number of hydrogen-bond donors (Lipinski definition) is 10. The Morgan fingerprint density at radius 3 is 1.28 bits per heavy atom. The van der Waals surface area contributed by atoms with Gasteiger partial charge in [-0.05, 0) is 32.1 Å². The van der Waals surface area contributed by atoms with Gasteiger partial charge >= 0.3 is 0 Å². The molecule has 16 heteroatoms. The maximum atomic E-state index is 11.8. The summed E-state index contributed by atoms with van der Waals surface area (Å²) in [6.07, 6.45) is -11.4. The quantitative estimate of drug-likeness (QED) is 0.0446. The van der Waals surface area contributed by atoms with Crippen molar-refractivity contribution >= 4 is 23.4 Å². The minimum Gasteiger partial charge on any atom is -0.387 e. The van der Waals surface area contributed by atoms with E-state index in [-0.39, 0.29) is 33.4 Å². The number of aliphatic hydroxyl groups excluding tert-OH is 8. The Kier molecular flexibility index (Phi) is 31.4. The van der Waals surface area contributed by atoms with E-state index in [9.17, 15) is 60.0 Å². The van der Waals surface area contributed by atoms with Crippen LogP contribution in [0.25, 0.3) is 0 Å². The van der Waals surface area contributed by atoms with Crippen LogP contribution in [-0.4, -0.2) is 153 Å². The van der Waals surface area contributed by atoms with Gasteiger partial charge < -0.3 is 61.0 Å². The van der Waals surface area contributed by atoms with Crippen molar-refractivity contribution in [2.75, 3.05) is 39.5 Å². The second kappa shape index (κ2) is 30.0. The van der Waals surface area contributed by atoms with Gasteiger partial charge in [0.1, 0.15) is 36.6 Å². The number of hydrogen-bond acceptors (Lipinski definition) is 14. The molecular weight excluding hydrogens is 624 g/mol. The monoisotopic (exact) mass is 686 g/mol. The van der Waals surface area contributed by atoms with Crippen molar-refractivity contribution in [1.82, 2.24) is 10.6 Å². The number of carbonyl (C=O) groups is 4. The Balaban J connectivity index is -0.000000833. The molecule has 0 fully saturated rings. The van der Waals surface area contributed by atoms with E-state index in [2.05, 4.69) is 10.6 Å². The molecule has 0 aromatic heterocycles. The Labute approximate surface area is 278 Å². The van der Waals surface area contributed by atoms with Gasteiger partial charge in [-0.3, -0.25) is 19.2 Å². The first-order valence-electron chi connectivity index (χ1n) is 15.9. The van der Waals surface area contributed by atoms with Crippen molar-refractivity contribution in [3.8, 4) is 0 Å². The zero-order chi connectivity index (χ0) is 35.7. The predicted molar refractivity (Wildman–Crippen MR) is 172 cm³/mol. The van der Waals surface area contributed by atoms with E-state index in [1.54, 1.807) is 0 Å². The number of Topliss-reactive ketones (excluding diaryl/α,β-unsaturated/α-hetero) is 2. The fourth-order valence-corrected chi connectivity index (χ4v) is 3.63. The van der Waals surface area contributed by atoms with Gasteiger partial charge in [-0.1, -0.05) is 41.5 Å². The van der Waals surface area contributed by atoms with Crippen LogP contribution in [0.15, 0.2) is 0 Å². The van der Waals surface area contributed by atoms with E-state index in [0.717, 1.165) is 19.3 Å². The fraction of sp³-hybridized carbons (Fsp3) is 0.871. The van der Waals surface area contributed by atoms with Crippen molar-refractivity contribution in [2.24, 2.45) is 0 Å². The normalized spacial score (nSPS) is 16.1. The predicted octanol–water partition coefficient (Wildman–Crippen LogP) is -1.90. The molecule has 0 saturated carbocycles. The smallest absolute Gasteiger partial charge is 0.251 e. The molecule has 0 saturated heterocycles. The van der Waals surface area contributed by atoms with Crippen molar-refractivity contribution in [3.05, 3.63) is 0 Å². The second-order valence-corrected chi connectivity index (χ2v) is 10.7. The number of carbonyl (C=O) groups excluding carboxylic acids is 4. The Hall–Kier alpha value is -2.12. The lowest BCUT2D eigenvalue weighted by Gasteiger charge is -2.25. The second-order valence-electron chi connectivity index (χ2n) is 10.7. The highest BCUT2D eigenvalue weighted by molar-refractivity contribution is 5.85. The number of ether oxygens (including phenoxy) is 2. The maximum absolute atomic E-state index is 11.8. The summed E-state index contributed by atoms with van der Waals surface area (Å²) in [6, 6.07) is 0. The van der Waals surface area contributed by atoms with Crippen LogP contribution in [0.2, 0.25) is 0 Å². The van der Waals surface area contributed by atoms with Crippen LogP contribution in [0.4, 0.5) is 0 Å². The van der Waals surface area contributed by atoms with Gasteiger partial charge in [-0.2, -0.15) is 0 Å². The molecule has 0 aromatic carbocycles. The number of nitrogens with one attached hydrogen (secondary N) is 2. The first kappa shape index (κ1) is 49.3. The summed E-state index contributed by atoms with van der Waals surface area (Å²) in [4.78, 5) is 46.4. The Morgan fingerprint density at radius 1 is 0.489 bits per heavy atom. The summed E-state index contributed by atoms with van der Waals surface area (Å²) in [5.41, 5.74) is 0. The van der Waals surface area contributed by atoms with E-state index in [4.69, 9.17) is 9.47 Å². The largest absolute Gasteiger partial charge is 0.387 e. The molecule has 10 N–H and O–H groups in total. The van der Waals surface area contributed by atoms with Crippen molar-refractivity contribution in [1.29, 1.82) is 0 Å². The van der Waals surface area contributed by atoms with Crippen molar-refractivity contribution < 1.29 is 69.5 Å². The molecule has 0 unspecified atom stereocenters.